The summed E-state index contributed by atoms with van der Waals surface area (Å²) >= 11 is 0. The first-order valence-corrected chi connectivity index (χ1v) is 10.5. The van der Waals surface area contributed by atoms with E-state index in [2.05, 4.69) is 9.93 Å². The summed E-state index contributed by atoms with van der Waals surface area (Å²) < 4.78 is 30.8. The van der Waals surface area contributed by atoms with E-state index in [1.54, 1.807) is 13.0 Å². The van der Waals surface area contributed by atoms with Gasteiger partial charge >= 0.3 is 0 Å². The largest absolute Gasteiger partial charge is 0.494 e. The summed E-state index contributed by atoms with van der Waals surface area (Å²) in [6, 6.07) is 12.8. The molecule has 0 atom stereocenters. The van der Waals surface area contributed by atoms with Crippen LogP contribution in [-0.2, 0) is 15.4 Å². The van der Waals surface area contributed by atoms with Crippen LogP contribution in [0, 0.1) is 6.92 Å². The van der Waals surface area contributed by atoms with Crippen LogP contribution in [0.3, 0.4) is 0 Å². The number of nitrogens with zero attached hydrogens (tertiary/aromatic N) is 1. The zero-order chi connectivity index (χ0) is 20.1. The first-order chi connectivity index (χ1) is 12.6. The number of hydrogen-bond acceptors (Lipinski definition) is 4. The zero-order valence-corrected chi connectivity index (χ0v) is 17.4. The number of benzene rings is 2. The van der Waals surface area contributed by atoms with Crippen molar-refractivity contribution in [1.29, 1.82) is 0 Å². The summed E-state index contributed by atoms with van der Waals surface area (Å²) in [4.78, 5) is 2.55. The lowest BCUT2D eigenvalue weighted by molar-refractivity contribution is 0.317. The highest BCUT2D eigenvalue weighted by Crippen LogP contribution is 2.26. The molecule has 0 fully saturated rings. The van der Waals surface area contributed by atoms with E-state index in [0.717, 1.165) is 23.3 Å². The van der Waals surface area contributed by atoms with Crippen LogP contribution in [-0.4, -0.2) is 21.2 Å². The molecule has 2 aromatic rings. The Morgan fingerprint density at radius 1 is 1.11 bits per heavy atom. The molecule has 0 spiro atoms. The van der Waals surface area contributed by atoms with Crippen LogP contribution in [0.1, 0.15) is 50.8 Å². The highest BCUT2D eigenvalue weighted by molar-refractivity contribution is 7.89. The van der Waals surface area contributed by atoms with Crippen molar-refractivity contribution < 1.29 is 13.2 Å². The maximum Gasteiger partial charge on any atom is 0.276 e. The molecule has 146 valence electrons. The van der Waals surface area contributed by atoms with E-state index >= 15 is 0 Å². The first kappa shape index (κ1) is 21.0. The maximum absolute atomic E-state index is 12.6. The van der Waals surface area contributed by atoms with Gasteiger partial charge in [-0.1, -0.05) is 39.8 Å². The number of rotatable bonds is 7. The summed E-state index contributed by atoms with van der Waals surface area (Å²) in [5.41, 5.74) is 2.29. The van der Waals surface area contributed by atoms with Crippen molar-refractivity contribution in [2.45, 2.75) is 51.3 Å². The van der Waals surface area contributed by atoms with Crippen molar-refractivity contribution in [3.8, 4) is 5.75 Å². The SMILES string of the molecule is CCCOc1ccc(/C=N/NS(=O)(=O)c2cc(C(C)(C)C)ccc2C)cc1. The standard InChI is InChI=1S/C21H28N2O3S/c1-6-13-26-19-11-8-17(9-12-19)15-22-23-27(24,25)20-14-18(21(3,4)5)10-7-16(20)2/h7-12,14-15,23H,6,13H2,1-5H3/b22-15+. The summed E-state index contributed by atoms with van der Waals surface area (Å²) in [5.74, 6) is 0.782. The minimum atomic E-state index is -3.74. The Bertz CT molecular complexity index is 896. The molecule has 0 saturated carbocycles. The van der Waals surface area contributed by atoms with Crippen LogP contribution in [0.2, 0.25) is 0 Å². The second kappa shape index (κ2) is 8.57. The van der Waals surface area contributed by atoms with Crippen molar-refractivity contribution in [3.05, 3.63) is 59.2 Å². The molecule has 0 amide bonds. The molecule has 0 aromatic heterocycles. The van der Waals surface area contributed by atoms with Crippen LogP contribution in [0.25, 0.3) is 0 Å². The average molecular weight is 389 g/mol. The van der Waals surface area contributed by atoms with Gasteiger partial charge in [0.15, 0.2) is 0 Å². The maximum atomic E-state index is 12.6. The summed E-state index contributed by atoms with van der Waals surface area (Å²) in [6.07, 6.45) is 2.42. The Morgan fingerprint density at radius 2 is 1.78 bits per heavy atom. The van der Waals surface area contributed by atoms with Crippen LogP contribution in [0.5, 0.6) is 5.75 Å². The topological polar surface area (TPSA) is 67.8 Å². The van der Waals surface area contributed by atoms with Gasteiger partial charge in [0.05, 0.1) is 17.7 Å². The van der Waals surface area contributed by atoms with Gasteiger partial charge in [-0.25, -0.2) is 4.83 Å². The molecule has 6 heteroatoms. The van der Waals surface area contributed by atoms with Gasteiger partial charge in [-0.3, -0.25) is 0 Å². The summed E-state index contributed by atoms with van der Waals surface area (Å²) in [5, 5.41) is 3.91. The normalized spacial score (nSPS) is 12.3. The number of sulfonamides is 1. The number of hydrogen-bond donors (Lipinski definition) is 1. The van der Waals surface area contributed by atoms with Gasteiger partial charge in [0, 0.05) is 0 Å². The van der Waals surface area contributed by atoms with Crippen molar-refractivity contribution in [2.24, 2.45) is 5.10 Å². The summed E-state index contributed by atoms with van der Waals surface area (Å²) in [7, 11) is -3.74. The van der Waals surface area contributed by atoms with Crippen molar-refractivity contribution in [3.63, 3.8) is 0 Å². The summed E-state index contributed by atoms with van der Waals surface area (Å²) in [6.45, 7) is 10.6. The zero-order valence-electron chi connectivity index (χ0n) is 16.6. The molecule has 0 saturated heterocycles. The third kappa shape index (κ3) is 5.82. The van der Waals surface area contributed by atoms with Crippen LogP contribution in [0.15, 0.2) is 52.5 Å². The molecular formula is C21H28N2O3S. The molecule has 0 bridgehead atoms. The van der Waals surface area contributed by atoms with Gasteiger partial charge in [0.2, 0.25) is 0 Å². The fraction of sp³-hybridized carbons (Fsp3) is 0.381. The molecule has 0 aliphatic carbocycles. The molecule has 0 radical (unpaired) electrons. The number of hydrazone groups is 1. The van der Waals surface area contributed by atoms with Gasteiger partial charge in [0.1, 0.15) is 5.75 Å². The molecular weight excluding hydrogens is 360 g/mol. The molecule has 27 heavy (non-hydrogen) atoms. The van der Waals surface area contributed by atoms with Gasteiger partial charge < -0.3 is 4.74 Å². The first-order valence-electron chi connectivity index (χ1n) is 9.02. The van der Waals surface area contributed by atoms with Crippen LogP contribution < -0.4 is 9.57 Å². The monoisotopic (exact) mass is 388 g/mol. The molecule has 0 heterocycles. The Labute approximate surface area is 162 Å². The molecule has 2 rings (SSSR count). The van der Waals surface area contributed by atoms with Gasteiger partial charge in [-0.15, -0.1) is 0 Å². The molecule has 2 aromatic carbocycles. The van der Waals surface area contributed by atoms with E-state index in [-0.39, 0.29) is 10.3 Å². The van der Waals surface area contributed by atoms with E-state index in [1.165, 1.54) is 6.21 Å². The van der Waals surface area contributed by atoms with E-state index < -0.39 is 10.0 Å². The van der Waals surface area contributed by atoms with E-state index in [4.69, 9.17) is 4.74 Å². The van der Waals surface area contributed by atoms with Gasteiger partial charge in [-0.2, -0.15) is 13.5 Å². The number of ether oxygens (including phenoxy) is 1. The van der Waals surface area contributed by atoms with Crippen molar-refractivity contribution in [1.82, 2.24) is 4.83 Å². The minimum absolute atomic E-state index is 0.136. The molecule has 0 aliphatic rings. The van der Waals surface area contributed by atoms with Crippen molar-refractivity contribution in [2.75, 3.05) is 6.61 Å². The Hall–Kier alpha value is -2.34. The van der Waals surface area contributed by atoms with Crippen molar-refractivity contribution >= 4 is 16.2 Å². The van der Waals surface area contributed by atoms with E-state index in [9.17, 15) is 8.42 Å². The van der Waals surface area contributed by atoms with Gasteiger partial charge in [-0.05, 0) is 65.8 Å². The van der Waals surface area contributed by atoms with Gasteiger partial charge in [0.25, 0.3) is 10.0 Å². The third-order valence-corrected chi connectivity index (χ3v) is 5.45. The fourth-order valence-electron chi connectivity index (χ4n) is 2.45. The molecule has 0 aliphatic heterocycles. The highest BCUT2D eigenvalue weighted by Gasteiger charge is 2.21. The molecule has 1 N–H and O–H groups in total. The quantitative estimate of drug-likeness (QED) is 0.565. The Kier molecular flexibility index (Phi) is 6.65. The minimum Gasteiger partial charge on any atom is -0.494 e. The van der Waals surface area contributed by atoms with Crippen LogP contribution >= 0.6 is 0 Å². The third-order valence-electron chi connectivity index (χ3n) is 4.08. The second-order valence-electron chi connectivity index (χ2n) is 7.50. The predicted molar refractivity (Wildman–Crippen MR) is 110 cm³/mol. The number of aryl methyl sites for hydroxylation is 1. The van der Waals surface area contributed by atoms with E-state index in [1.807, 2.05) is 64.1 Å². The lowest BCUT2D eigenvalue weighted by atomic mass is 9.87. The van der Waals surface area contributed by atoms with E-state index in [0.29, 0.717) is 12.2 Å². The number of nitrogens with one attached hydrogen (secondary N) is 1. The van der Waals surface area contributed by atoms with Crippen LogP contribution in [0.4, 0.5) is 0 Å². The predicted octanol–water partition coefficient (Wildman–Crippen LogP) is 4.39. The Morgan fingerprint density at radius 3 is 2.37 bits per heavy atom. The molecule has 5 nitrogen and oxygen atoms in total. The second-order valence-corrected chi connectivity index (χ2v) is 9.13. The highest BCUT2D eigenvalue weighted by atomic mass is 32.2. The lowest BCUT2D eigenvalue weighted by Gasteiger charge is -2.20. The Balaban J connectivity index is 2.14. The fourth-order valence-corrected chi connectivity index (χ4v) is 3.51. The average Bonchev–Trinajstić information content (AvgIpc) is 2.60. The lowest BCUT2D eigenvalue weighted by Crippen LogP contribution is -2.21. The molecule has 0 unspecified atom stereocenters. The smallest absolute Gasteiger partial charge is 0.276 e.